The summed E-state index contributed by atoms with van der Waals surface area (Å²) >= 11 is 0. The Balaban J connectivity index is 2.13. The van der Waals surface area contributed by atoms with E-state index < -0.39 is 6.09 Å². The summed E-state index contributed by atoms with van der Waals surface area (Å²) in [7, 11) is 0. The summed E-state index contributed by atoms with van der Waals surface area (Å²) in [4.78, 5) is 22.4. The lowest BCUT2D eigenvalue weighted by Crippen LogP contribution is -2.16. The van der Waals surface area contributed by atoms with E-state index >= 15 is 0 Å². The molecule has 0 radical (unpaired) electrons. The molecule has 6 nitrogen and oxygen atoms in total. The van der Waals surface area contributed by atoms with Crippen molar-refractivity contribution in [2.45, 2.75) is 0 Å². The van der Waals surface area contributed by atoms with Crippen LogP contribution in [0.1, 0.15) is 0 Å². The first-order valence-electron chi connectivity index (χ1n) is 5.60. The summed E-state index contributed by atoms with van der Waals surface area (Å²) in [5.41, 5.74) is 7.19. The van der Waals surface area contributed by atoms with Crippen LogP contribution in [-0.2, 0) is 0 Å². The van der Waals surface area contributed by atoms with Crippen molar-refractivity contribution in [3.05, 3.63) is 42.7 Å². The monoisotopic (exact) mass is 254 g/mol. The fourth-order valence-electron chi connectivity index (χ4n) is 1.84. The molecule has 1 amide bonds. The number of aromatic amines is 1. The highest BCUT2D eigenvalue weighted by Gasteiger charge is 2.11. The van der Waals surface area contributed by atoms with E-state index in [-0.39, 0.29) is 0 Å². The summed E-state index contributed by atoms with van der Waals surface area (Å²) in [6.45, 7) is 0. The number of carbonyl (C=O) groups is 1. The smallest absolute Gasteiger partial charge is 0.408 e. The van der Waals surface area contributed by atoms with Crippen LogP contribution in [-0.4, -0.2) is 21.0 Å². The second-order valence-corrected chi connectivity index (χ2v) is 3.90. The number of fused-ring (bicyclic) bond motifs is 1. The molecular formula is C13H10N4O2. The van der Waals surface area contributed by atoms with Gasteiger partial charge in [-0.25, -0.2) is 9.78 Å². The largest absolute Gasteiger partial charge is 0.410 e. The van der Waals surface area contributed by atoms with Crippen molar-refractivity contribution in [1.29, 1.82) is 0 Å². The maximum absolute atomic E-state index is 10.8. The standard InChI is InChI=1S/C13H10N4O2/c14-13(18)19-10-5-1-4-9-11(10)17-12(16-9)8-3-2-6-15-7-8/h1-7H,(H2,14,18)(H,16,17). The molecule has 0 aliphatic heterocycles. The molecule has 3 rings (SSSR count). The molecule has 0 aliphatic rings. The molecule has 0 unspecified atom stereocenters. The molecule has 2 aromatic heterocycles. The predicted octanol–water partition coefficient (Wildman–Crippen LogP) is 2.08. The number of carbonyl (C=O) groups excluding carboxylic acids is 1. The van der Waals surface area contributed by atoms with E-state index in [0.29, 0.717) is 17.1 Å². The fourth-order valence-corrected chi connectivity index (χ4v) is 1.84. The van der Waals surface area contributed by atoms with E-state index in [0.717, 1.165) is 11.1 Å². The number of amides is 1. The topological polar surface area (TPSA) is 93.9 Å². The van der Waals surface area contributed by atoms with Crippen LogP contribution in [0, 0.1) is 0 Å². The minimum absolute atomic E-state index is 0.330. The Labute approximate surface area is 108 Å². The van der Waals surface area contributed by atoms with E-state index in [4.69, 9.17) is 10.5 Å². The molecule has 3 aromatic rings. The lowest BCUT2D eigenvalue weighted by atomic mass is 10.3. The molecule has 0 bridgehead atoms. The number of hydrogen-bond acceptors (Lipinski definition) is 4. The fraction of sp³-hybridized carbons (Fsp3) is 0. The van der Waals surface area contributed by atoms with Crippen LogP contribution in [0.5, 0.6) is 5.75 Å². The number of benzene rings is 1. The van der Waals surface area contributed by atoms with Gasteiger partial charge in [0.2, 0.25) is 0 Å². The Morgan fingerprint density at radius 1 is 1.26 bits per heavy atom. The van der Waals surface area contributed by atoms with Crippen molar-refractivity contribution in [2.24, 2.45) is 5.73 Å². The van der Waals surface area contributed by atoms with Crippen molar-refractivity contribution in [3.63, 3.8) is 0 Å². The Bertz CT molecular complexity index is 737. The highest BCUT2D eigenvalue weighted by atomic mass is 16.5. The maximum atomic E-state index is 10.8. The van der Waals surface area contributed by atoms with Gasteiger partial charge in [-0.1, -0.05) is 6.07 Å². The third-order valence-corrected chi connectivity index (χ3v) is 2.62. The number of pyridine rings is 1. The molecule has 0 saturated heterocycles. The second kappa shape index (κ2) is 4.41. The Kier molecular flexibility index (Phi) is 2.60. The number of ether oxygens (including phenoxy) is 1. The summed E-state index contributed by atoms with van der Waals surface area (Å²) in [6, 6.07) is 8.95. The van der Waals surface area contributed by atoms with Gasteiger partial charge in [0.05, 0.1) is 5.52 Å². The molecule has 0 spiro atoms. The van der Waals surface area contributed by atoms with Crippen molar-refractivity contribution in [3.8, 4) is 17.1 Å². The van der Waals surface area contributed by atoms with Gasteiger partial charge in [0, 0.05) is 18.0 Å². The van der Waals surface area contributed by atoms with E-state index in [1.165, 1.54) is 0 Å². The van der Waals surface area contributed by atoms with Crippen LogP contribution in [0.3, 0.4) is 0 Å². The Hall–Kier alpha value is -2.89. The molecule has 0 atom stereocenters. The van der Waals surface area contributed by atoms with Gasteiger partial charge in [0.25, 0.3) is 0 Å². The van der Waals surface area contributed by atoms with Crippen LogP contribution in [0.2, 0.25) is 0 Å². The molecule has 0 saturated carbocycles. The van der Waals surface area contributed by atoms with Crippen molar-refractivity contribution in [1.82, 2.24) is 15.0 Å². The van der Waals surface area contributed by atoms with Gasteiger partial charge >= 0.3 is 6.09 Å². The number of nitrogens with two attached hydrogens (primary N) is 1. The number of para-hydroxylation sites is 1. The van der Waals surface area contributed by atoms with E-state index in [1.807, 2.05) is 18.2 Å². The van der Waals surface area contributed by atoms with Gasteiger partial charge in [-0.05, 0) is 24.3 Å². The number of hydrogen-bond donors (Lipinski definition) is 2. The van der Waals surface area contributed by atoms with E-state index in [9.17, 15) is 4.79 Å². The summed E-state index contributed by atoms with van der Waals surface area (Å²) in [6.07, 6.45) is 2.53. The highest BCUT2D eigenvalue weighted by Crippen LogP contribution is 2.26. The van der Waals surface area contributed by atoms with Crippen molar-refractivity contribution < 1.29 is 9.53 Å². The van der Waals surface area contributed by atoms with Crippen molar-refractivity contribution in [2.75, 3.05) is 0 Å². The summed E-state index contributed by atoms with van der Waals surface area (Å²) in [5, 5.41) is 0. The van der Waals surface area contributed by atoms with E-state index in [1.54, 1.807) is 24.5 Å². The van der Waals surface area contributed by atoms with Crippen molar-refractivity contribution >= 4 is 17.1 Å². The first-order valence-corrected chi connectivity index (χ1v) is 5.60. The molecule has 1 aromatic carbocycles. The molecule has 3 N–H and O–H groups in total. The predicted molar refractivity (Wildman–Crippen MR) is 69.5 cm³/mol. The minimum atomic E-state index is -0.863. The zero-order chi connectivity index (χ0) is 13.2. The third-order valence-electron chi connectivity index (χ3n) is 2.62. The van der Waals surface area contributed by atoms with Crippen LogP contribution in [0.15, 0.2) is 42.7 Å². The van der Waals surface area contributed by atoms with Gasteiger partial charge in [0.1, 0.15) is 11.3 Å². The molecule has 19 heavy (non-hydrogen) atoms. The summed E-state index contributed by atoms with van der Waals surface area (Å²) < 4.78 is 4.92. The van der Waals surface area contributed by atoms with Gasteiger partial charge in [-0.3, -0.25) is 4.98 Å². The van der Waals surface area contributed by atoms with Crippen LogP contribution < -0.4 is 10.5 Å². The number of rotatable bonds is 2. The number of aromatic nitrogens is 3. The number of primary amides is 1. The van der Waals surface area contributed by atoms with Crippen LogP contribution in [0.4, 0.5) is 4.79 Å². The number of H-pyrrole nitrogens is 1. The molecular weight excluding hydrogens is 244 g/mol. The zero-order valence-corrected chi connectivity index (χ0v) is 9.83. The van der Waals surface area contributed by atoms with Gasteiger partial charge in [-0.2, -0.15) is 0 Å². The number of nitrogens with one attached hydrogen (secondary N) is 1. The number of imidazole rings is 1. The molecule has 6 heteroatoms. The zero-order valence-electron chi connectivity index (χ0n) is 9.83. The highest BCUT2D eigenvalue weighted by molar-refractivity contribution is 5.86. The second-order valence-electron chi connectivity index (χ2n) is 3.90. The molecule has 94 valence electrons. The normalized spacial score (nSPS) is 10.5. The molecule has 2 heterocycles. The summed E-state index contributed by atoms with van der Waals surface area (Å²) in [5.74, 6) is 0.986. The first-order chi connectivity index (χ1) is 9.24. The molecule has 0 aliphatic carbocycles. The van der Waals surface area contributed by atoms with Gasteiger partial charge < -0.3 is 15.5 Å². The lowest BCUT2D eigenvalue weighted by Gasteiger charge is -1.99. The van der Waals surface area contributed by atoms with Gasteiger partial charge in [-0.15, -0.1) is 0 Å². The third kappa shape index (κ3) is 2.11. The maximum Gasteiger partial charge on any atom is 0.410 e. The first kappa shape index (κ1) is 11.2. The quantitative estimate of drug-likeness (QED) is 0.732. The lowest BCUT2D eigenvalue weighted by molar-refractivity contribution is 0.211. The molecule has 0 fully saturated rings. The van der Waals surface area contributed by atoms with Gasteiger partial charge in [0.15, 0.2) is 5.75 Å². The average Bonchev–Trinajstić information content (AvgIpc) is 2.84. The minimum Gasteiger partial charge on any atom is -0.408 e. The average molecular weight is 254 g/mol. The van der Waals surface area contributed by atoms with Crippen LogP contribution >= 0.6 is 0 Å². The van der Waals surface area contributed by atoms with Crippen LogP contribution in [0.25, 0.3) is 22.4 Å². The Morgan fingerprint density at radius 3 is 2.89 bits per heavy atom. The SMILES string of the molecule is NC(=O)Oc1cccc2[nH]c(-c3cccnc3)nc12. The number of nitrogens with zero attached hydrogens (tertiary/aromatic N) is 2. The van der Waals surface area contributed by atoms with E-state index in [2.05, 4.69) is 15.0 Å². The Morgan fingerprint density at radius 2 is 2.16 bits per heavy atom.